The molecule has 3 N–H and O–H groups in total. The summed E-state index contributed by atoms with van der Waals surface area (Å²) in [5.41, 5.74) is 4.34. The van der Waals surface area contributed by atoms with E-state index in [0.717, 1.165) is 0 Å². The second kappa shape index (κ2) is 3.79. The summed E-state index contributed by atoms with van der Waals surface area (Å²) in [7, 11) is 0. The van der Waals surface area contributed by atoms with Gasteiger partial charge in [-0.25, -0.2) is 0 Å². The first-order chi connectivity index (χ1) is 6.49. The molecule has 0 bridgehead atoms. The summed E-state index contributed by atoms with van der Waals surface area (Å²) in [6.07, 6.45) is 2.04. The fourth-order valence-electron chi connectivity index (χ4n) is 1.47. The molecular formula is C9H14N2O3. The van der Waals surface area contributed by atoms with Gasteiger partial charge in [-0.05, 0) is 6.42 Å². The van der Waals surface area contributed by atoms with Gasteiger partial charge in [0.05, 0.1) is 0 Å². The van der Waals surface area contributed by atoms with Crippen LogP contribution in [-0.2, 0) is 9.59 Å². The normalized spacial score (nSPS) is 26.2. The Bertz CT molecular complexity index is 277. The van der Waals surface area contributed by atoms with Crippen LogP contribution in [0.4, 0.5) is 0 Å². The number of carboxylic acid groups (broad SMARTS) is 1. The Morgan fingerprint density at radius 2 is 2.29 bits per heavy atom. The molecule has 1 heterocycles. The number of carbonyl (C=O) groups excluding carboxylic acids is 1. The summed E-state index contributed by atoms with van der Waals surface area (Å²) in [5.74, 6) is -1.17. The molecule has 0 saturated carbocycles. The Labute approximate surface area is 82.2 Å². The summed E-state index contributed by atoms with van der Waals surface area (Å²) < 4.78 is 0. The van der Waals surface area contributed by atoms with Gasteiger partial charge in [-0.15, -0.1) is 6.58 Å². The van der Waals surface area contributed by atoms with Crippen LogP contribution >= 0.6 is 0 Å². The summed E-state index contributed by atoms with van der Waals surface area (Å²) >= 11 is 0. The Morgan fingerprint density at radius 3 is 2.71 bits per heavy atom. The zero-order chi connectivity index (χ0) is 10.8. The van der Waals surface area contributed by atoms with Crippen LogP contribution < -0.4 is 5.73 Å². The largest absolute Gasteiger partial charge is 0.480 e. The highest BCUT2D eigenvalue weighted by Crippen LogP contribution is 2.19. The van der Waals surface area contributed by atoms with Crippen molar-refractivity contribution in [1.29, 1.82) is 0 Å². The van der Waals surface area contributed by atoms with E-state index in [2.05, 4.69) is 6.58 Å². The molecule has 1 amide bonds. The molecule has 0 spiro atoms. The number of hydrogen-bond donors (Lipinski definition) is 2. The molecule has 0 aliphatic carbocycles. The predicted octanol–water partition coefficient (Wildman–Crippen LogP) is -0.423. The van der Waals surface area contributed by atoms with Crippen molar-refractivity contribution in [3.05, 3.63) is 12.7 Å². The second-order valence-electron chi connectivity index (χ2n) is 3.52. The minimum atomic E-state index is -1.27. The number of likely N-dealkylation sites (tertiary alicyclic amines) is 1. The lowest BCUT2D eigenvalue weighted by atomic mass is 10.0. The van der Waals surface area contributed by atoms with E-state index in [0.29, 0.717) is 13.0 Å². The predicted molar refractivity (Wildman–Crippen MR) is 50.6 cm³/mol. The maximum absolute atomic E-state index is 11.4. The van der Waals surface area contributed by atoms with E-state index in [1.165, 1.54) is 11.0 Å². The van der Waals surface area contributed by atoms with E-state index in [-0.39, 0.29) is 18.9 Å². The third-order valence-corrected chi connectivity index (χ3v) is 2.40. The Hall–Kier alpha value is -1.36. The van der Waals surface area contributed by atoms with Crippen LogP contribution in [-0.4, -0.2) is 40.5 Å². The molecule has 1 fully saturated rings. The highest BCUT2D eigenvalue weighted by Gasteiger charge is 2.42. The molecule has 14 heavy (non-hydrogen) atoms. The molecule has 1 atom stereocenters. The first kappa shape index (κ1) is 10.7. The Kier molecular flexibility index (Phi) is 2.90. The molecule has 0 aromatic carbocycles. The van der Waals surface area contributed by atoms with E-state index >= 15 is 0 Å². The highest BCUT2D eigenvalue weighted by atomic mass is 16.4. The van der Waals surface area contributed by atoms with Crippen molar-refractivity contribution in [2.24, 2.45) is 5.73 Å². The fraction of sp³-hybridized carbons (Fsp3) is 0.556. The first-order valence-corrected chi connectivity index (χ1v) is 4.40. The number of rotatable bonds is 3. The fourth-order valence-corrected chi connectivity index (χ4v) is 1.47. The molecule has 1 rings (SSSR count). The second-order valence-corrected chi connectivity index (χ2v) is 3.52. The number of carboxylic acids is 1. The van der Waals surface area contributed by atoms with Crippen LogP contribution in [0.25, 0.3) is 0 Å². The molecule has 1 saturated heterocycles. The topological polar surface area (TPSA) is 83.6 Å². The van der Waals surface area contributed by atoms with Crippen LogP contribution in [0.2, 0.25) is 0 Å². The van der Waals surface area contributed by atoms with Crippen molar-refractivity contribution in [3.63, 3.8) is 0 Å². The summed E-state index contributed by atoms with van der Waals surface area (Å²) in [4.78, 5) is 23.6. The van der Waals surface area contributed by atoms with Gasteiger partial charge in [-0.2, -0.15) is 0 Å². The van der Waals surface area contributed by atoms with Crippen LogP contribution in [0.3, 0.4) is 0 Å². The monoisotopic (exact) mass is 198 g/mol. The lowest BCUT2D eigenvalue weighted by molar-refractivity contribution is -0.143. The number of nitrogens with zero attached hydrogens (tertiary/aromatic N) is 1. The van der Waals surface area contributed by atoms with Gasteiger partial charge < -0.3 is 15.7 Å². The number of carbonyl (C=O) groups is 2. The molecule has 0 aromatic heterocycles. The average molecular weight is 198 g/mol. The zero-order valence-electron chi connectivity index (χ0n) is 7.90. The maximum Gasteiger partial charge on any atom is 0.325 e. The molecule has 0 aromatic rings. The third-order valence-electron chi connectivity index (χ3n) is 2.40. The van der Waals surface area contributed by atoms with Crippen LogP contribution in [0.1, 0.15) is 12.8 Å². The Morgan fingerprint density at radius 1 is 1.64 bits per heavy atom. The molecule has 0 radical (unpaired) electrons. The van der Waals surface area contributed by atoms with Crippen molar-refractivity contribution < 1.29 is 14.7 Å². The number of hydrogen-bond acceptors (Lipinski definition) is 3. The van der Waals surface area contributed by atoms with Crippen molar-refractivity contribution in [1.82, 2.24) is 4.90 Å². The maximum atomic E-state index is 11.4. The smallest absolute Gasteiger partial charge is 0.325 e. The molecule has 1 aliphatic heterocycles. The van der Waals surface area contributed by atoms with E-state index in [9.17, 15) is 9.59 Å². The summed E-state index contributed by atoms with van der Waals surface area (Å²) in [6.45, 7) is 3.95. The quantitative estimate of drug-likeness (QED) is 0.603. The van der Waals surface area contributed by atoms with Gasteiger partial charge in [0.2, 0.25) is 5.91 Å². The molecule has 1 aliphatic rings. The van der Waals surface area contributed by atoms with Crippen LogP contribution in [0, 0.1) is 0 Å². The van der Waals surface area contributed by atoms with Gasteiger partial charge in [0.15, 0.2) is 0 Å². The van der Waals surface area contributed by atoms with E-state index in [1.807, 2.05) is 0 Å². The van der Waals surface area contributed by atoms with Crippen LogP contribution in [0.15, 0.2) is 12.7 Å². The number of nitrogens with two attached hydrogens (primary N) is 1. The van der Waals surface area contributed by atoms with Gasteiger partial charge in [-0.1, -0.05) is 6.08 Å². The third kappa shape index (κ3) is 1.93. The van der Waals surface area contributed by atoms with Crippen LogP contribution in [0.5, 0.6) is 0 Å². The van der Waals surface area contributed by atoms with Gasteiger partial charge in [0.25, 0.3) is 0 Å². The Balaban J connectivity index is 2.61. The van der Waals surface area contributed by atoms with E-state index in [1.54, 1.807) is 0 Å². The zero-order valence-corrected chi connectivity index (χ0v) is 7.90. The minimum Gasteiger partial charge on any atom is -0.480 e. The van der Waals surface area contributed by atoms with Gasteiger partial charge in [-0.3, -0.25) is 9.59 Å². The molecule has 78 valence electrons. The lowest BCUT2D eigenvalue weighted by Crippen LogP contribution is -2.50. The molecule has 1 unspecified atom stereocenters. The SMILES string of the molecule is C=CCC(=O)N1CCC(N)(C(=O)O)C1. The number of aliphatic carboxylic acids is 1. The molecule has 5 heteroatoms. The van der Waals surface area contributed by atoms with Crippen molar-refractivity contribution in [2.45, 2.75) is 18.4 Å². The van der Waals surface area contributed by atoms with Crippen molar-refractivity contribution >= 4 is 11.9 Å². The number of amides is 1. The standard InChI is InChI=1S/C9H14N2O3/c1-2-3-7(12)11-5-4-9(10,6-11)8(13)14/h2H,1,3-6,10H2,(H,13,14). The summed E-state index contributed by atoms with van der Waals surface area (Å²) in [6, 6.07) is 0. The van der Waals surface area contributed by atoms with Gasteiger partial charge in [0.1, 0.15) is 5.54 Å². The highest BCUT2D eigenvalue weighted by molar-refractivity contribution is 5.83. The van der Waals surface area contributed by atoms with Crippen molar-refractivity contribution in [2.75, 3.05) is 13.1 Å². The van der Waals surface area contributed by atoms with Gasteiger partial charge >= 0.3 is 5.97 Å². The lowest BCUT2D eigenvalue weighted by Gasteiger charge is -2.19. The van der Waals surface area contributed by atoms with E-state index < -0.39 is 11.5 Å². The van der Waals surface area contributed by atoms with Crippen molar-refractivity contribution in [3.8, 4) is 0 Å². The van der Waals surface area contributed by atoms with E-state index in [4.69, 9.17) is 10.8 Å². The summed E-state index contributed by atoms with van der Waals surface area (Å²) in [5, 5.41) is 8.82. The molecule has 5 nitrogen and oxygen atoms in total. The average Bonchev–Trinajstić information content (AvgIpc) is 2.50. The molecular weight excluding hydrogens is 184 g/mol. The first-order valence-electron chi connectivity index (χ1n) is 4.40. The van der Waals surface area contributed by atoms with Gasteiger partial charge in [0, 0.05) is 19.5 Å². The minimum absolute atomic E-state index is 0.0923.